The average molecular weight is 64.0 g/mol. The predicted octanol–water partition coefficient (Wildman–Crippen LogP) is -1.24. The van der Waals surface area contributed by atoms with Crippen molar-refractivity contribution in [1.82, 2.24) is 5.04 Å². The Kier molecular flexibility index (Phi) is 131. The molecule has 0 aromatic heterocycles. The standard InChI is InChI=1S/NO2.H2O/c2-1-3;/h;1H2/q+1;. The van der Waals surface area contributed by atoms with E-state index in [0.29, 0.717) is 0 Å². The van der Waals surface area contributed by atoms with Gasteiger partial charge in [-0.3, -0.25) is 0 Å². The van der Waals surface area contributed by atoms with Crippen LogP contribution in [0.25, 0.3) is 0 Å². The Hall–Kier alpha value is -0.730. The second-order valence-corrected chi connectivity index (χ2v) is 0.0745. The van der Waals surface area contributed by atoms with E-state index in [4.69, 9.17) is 9.81 Å². The van der Waals surface area contributed by atoms with Gasteiger partial charge < -0.3 is 5.48 Å². The van der Waals surface area contributed by atoms with E-state index in [1.54, 1.807) is 0 Å². The highest BCUT2D eigenvalue weighted by atomic mass is 16.4. The number of nitrogens with zero attached hydrogens (tertiary/aromatic N) is 1. The van der Waals surface area contributed by atoms with Crippen molar-refractivity contribution in [2.75, 3.05) is 0 Å². The summed E-state index contributed by atoms with van der Waals surface area (Å²) >= 11 is 0. The van der Waals surface area contributed by atoms with Crippen LogP contribution in [0.15, 0.2) is 0 Å². The molecule has 0 unspecified atom stereocenters. The summed E-state index contributed by atoms with van der Waals surface area (Å²) in [5.41, 5.74) is 0. The summed E-state index contributed by atoms with van der Waals surface area (Å²) in [5.74, 6) is 0. The fourth-order valence-corrected chi connectivity index (χ4v) is 0. The predicted molar refractivity (Wildman–Crippen MR) is 12.5 cm³/mol. The lowest BCUT2D eigenvalue weighted by molar-refractivity contribution is 0.824. The third kappa shape index (κ3) is 0.174. The van der Waals surface area contributed by atoms with Gasteiger partial charge in [-0.1, -0.05) is 0 Å². The van der Waals surface area contributed by atoms with Crippen molar-refractivity contribution >= 4 is 0 Å². The minimum atomic E-state index is 0. The molecule has 0 rings (SSSR count). The second-order valence-electron chi connectivity index (χ2n) is 0.0745. The zero-order valence-electron chi connectivity index (χ0n) is 1.76. The molecular formula is H2NO3+. The molecular weight excluding hydrogens is 62.0 g/mol. The highest BCUT2D eigenvalue weighted by Gasteiger charge is 1.41. The molecule has 0 saturated carbocycles. The summed E-state index contributed by atoms with van der Waals surface area (Å²) < 4.78 is 0. The van der Waals surface area contributed by atoms with E-state index in [1.807, 2.05) is 0 Å². The Morgan fingerprint density at radius 2 is 1.25 bits per heavy atom. The van der Waals surface area contributed by atoms with Gasteiger partial charge in [0.2, 0.25) is 9.81 Å². The van der Waals surface area contributed by atoms with Gasteiger partial charge in [-0.2, -0.15) is 0 Å². The van der Waals surface area contributed by atoms with E-state index in [2.05, 4.69) is 0 Å². The fourth-order valence-electron chi connectivity index (χ4n) is 0. The van der Waals surface area contributed by atoms with Crippen LogP contribution in [0.3, 0.4) is 0 Å². The lowest BCUT2D eigenvalue weighted by atomic mass is 13.6. The summed E-state index contributed by atoms with van der Waals surface area (Å²) in [4.78, 5) is 16.0. The van der Waals surface area contributed by atoms with Crippen LogP contribution >= 0.6 is 0 Å². The van der Waals surface area contributed by atoms with Gasteiger partial charge in [-0.25, -0.2) is 0 Å². The highest BCUT2D eigenvalue weighted by molar-refractivity contribution is 3.93. The molecule has 24 valence electrons. The maximum atomic E-state index is 8.00. The minimum absolute atomic E-state index is 0. The van der Waals surface area contributed by atoms with Crippen LogP contribution in [0.1, 0.15) is 0 Å². The topological polar surface area (TPSA) is 79.7 Å². The molecule has 0 aromatic rings. The van der Waals surface area contributed by atoms with E-state index in [9.17, 15) is 0 Å². The van der Waals surface area contributed by atoms with Crippen LogP contribution in [0, 0.1) is 9.81 Å². The van der Waals surface area contributed by atoms with Crippen molar-refractivity contribution in [3.63, 3.8) is 0 Å². The lowest BCUT2D eigenvalue weighted by Crippen LogP contribution is -1.26. The van der Waals surface area contributed by atoms with Crippen LogP contribution < -0.4 is 5.04 Å². The average Bonchev–Trinajstić information content (AvgIpc) is 0.918. The molecule has 2 N–H and O–H groups in total. The van der Waals surface area contributed by atoms with Crippen molar-refractivity contribution in [3.05, 3.63) is 9.81 Å². The maximum absolute atomic E-state index is 8.00. The van der Waals surface area contributed by atoms with Crippen LogP contribution in [-0.4, -0.2) is 5.48 Å². The number of nitroso groups, excluding NO2 is 2. The lowest BCUT2D eigenvalue weighted by Gasteiger charge is -0.623. The first-order chi connectivity index (χ1) is 1.41. The van der Waals surface area contributed by atoms with Gasteiger partial charge in [-0.15, -0.1) is 0 Å². The molecule has 0 saturated heterocycles. The molecule has 0 radical (unpaired) electrons. The fraction of sp³-hybridized carbons (Fsp3) is 0. The maximum Gasteiger partial charge on any atom is 0.569 e. The van der Waals surface area contributed by atoms with Gasteiger partial charge in [0.1, 0.15) is 0 Å². The van der Waals surface area contributed by atoms with E-state index in [-0.39, 0.29) is 5.48 Å². The molecule has 4 heteroatoms. The first kappa shape index (κ1) is 10.4. The Bertz CT molecular complexity index is 24.3. The largest absolute Gasteiger partial charge is 0.569 e. The van der Waals surface area contributed by atoms with E-state index < -0.39 is 0 Å². The monoisotopic (exact) mass is 64.0 g/mol. The highest BCUT2D eigenvalue weighted by Crippen LogP contribution is 0.810. The van der Waals surface area contributed by atoms with Crippen LogP contribution in [0.4, 0.5) is 0 Å². The molecule has 0 aromatic carbocycles. The van der Waals surface area contributed by atoms with E-state index in [1.165, 1.54) is 0 Å². The van der Waals surface area contributed by atoms with Crippen LogP contribution in [0.2, 0.25) is 0 Å². The minimum Gasteiger partial charge on any atom is -0.412 e. The Labute approximate surface area is 21.7 Å². The molecule has 0 fully saturated rings. The van der Waals surface area contributed by atoms with Gasteiger partial charge in [0, 0.05) is 0 Å². The normalized spacial score (nSPS) is 2.00. The van der Waals surface area contributed by atoms with Gasteiger partial charge >= 0.3 is 5.04 Å². The summed E-state index contributed by atoms with van der Waals surface area (Å²) in [7, 11) is 0. The first-order valence-electron chi connectivity index (χ1n) is 0.365. The van der Waals surface area contributed by atoms with Crippen molar-refractivity contribution in [2.24, 2.45) is 0 Å². The Balaban J connectivity index is 0. The zero-order chi connectivity index (χ0) is 2.71. The summed E-state index contributed by atoms with van der Waals surface area (Å²) in [6.45, 7) is 0. The van der Waals surface area contributed by atoms with Gasteiger partial charge in [-0.05, 0) is 0 Å². The second kappa shape index (κ2) is 50.2. The molecule has 0 amide bonds. The molecule has 0 heterocycles. The molecule has 4 nitrogen and oxygen atoms in total. The Morgan fingerprint density at radius 3 is 1.25 bits per heavy atom. The van der Waals surface area contributed by atoms with Crippen molar-refractivity contribution in [3.8, 4) is 0 Å². The third-order valence-corrected chi connectivity index (χ3v) is 0. The van der Waals surface area contributed by atoms with E-state index >= 15 is 0 Å². The number of rotatable bonds is 0. The van der Waals surface area contributed by atoms with Gasteiger partial charge in [0.05, 0.1) is 0 Å². The summed E-state index contributed by atoms with van der Waals surface area (Å²) in [5, 5.41) is 1.00. The van der Waals surface area contributed by atoms with Crippen LogP contribution in [-0.2, 0) is 0 Å². The van der Waals surface area contributed by atoms with Crippen LogP contribution in [0.5, 0.6) is 0 Å². The molecule has 0 bridgehead atoms. The van der Waals surface area contributed by atoms with Crippen molar-refractivity contribution in [1.29, 1.82) is 0 Å². The van der Waals surface area contributed by atoms with Crippen molar-refractivity contribution in [2.45, 2.75) is 0 Å². The molecule has 4 heavy (non-hydrogen) atoms. The quantitative estimate of drug-likeness (QED) is 0.330. The zero-order valence-corrected chi connectivity index (χ0v) is 1.76. The molecule has 0 atom stereocenters. The molecule has 0 aliphatic carbocycles. The Morgan fingerprint density at radius 1 is 1.25 bits per heavy atom. The SMILES string of the molecule is O.O=[N+]=O. The van der Waals surface area contributed by atoms with Crippen molar-refractivity contribution < 1.29 is 5.48 Å². The summed E-state index contributed by atoms with van der Waals surface area (Å²) in [6.07, 6.45) is 0. The molecule has 0 aliphatic rings. The molecule has 0 aliphatic heterocycles. The third-order valence-electron chi connectivity index (χ3n) is 0. The van der Waals surface area contributed by atoms with Gasteiger partial charge in [0.25, 0.3) is 0 Å². The van der Waals surface area contributed by atoms with E-state index in [0.717, 1.165) is 5.04 Å². The molecule has 0 spiro atoms. The smallest absolute Gasteiger partial charge is 0.412 e. The number of hydrogen-bond acceptors (Lipinski definition) is 2. The summed E-state index contributed by atoms with van der Waals surface area (Å²) in [6, 6.07) is 0. The van der Waals surface area contributed by atoms with Gasteiger partial charge in [0.15, 0.2) is 0 Å². The number of hydrogen-bond donors (Lipinski definition) is 0. The first-order valence-corrected chi connectivity index (χ1v) is 0.365.